The van der Waals surface area contributed by atoms with E-state index in [1.807, 2.05) is 43.3 Å². The maximum Gasteiger partial charge on any atom is 0.151 e. The Morgan fingerprint density at radius 1 is 1.32 bits per heavy atom. The summed E-state index contributed by atoms with van der Waals surface area (Å²) in [4.78, 5) is 2.29. The van der Waals surface area contributed by atoms with Crippen molar-refractivity contribution in [2.45, 2.75) is 31.9 Å². The molecule has 0 radical (unpaired) electrons. The number of para-hydroxylation sites is 1. The third-order valence-electron chi connectivity index (χ3n) is 4.51. The summed E-state index contributed by atoms with van der Waals surface area (Å²) in [7, 11) is 0. The van der Waals surface area contributed by atoms with E-state index in [0.29, 0.717) is 12.6 Å². The van der Waals surface area contributed by atoms with E-state index in [2.05, 4.69) is 20.4 Å². The Kier molecular flexibility index (Phi) is 6.19. The standard InChI is InChI=1S/C19H26N4O2/c1-15-6-2-3-8-18(15)25-14-17(24)13-20-12-16-7-5-11-23(16)19-9-4-10-21-22-19/h2-4,6,8-10,16-17,20,24H,5,7,11-14H2,1H3/t16-,17-/m0/s1. The molecule has 0 saturated carbocycles. The molecule has 2 N–H and O–H groups in total. The van der Waals surface area contributed by atoms with E-state index < -0.39 is 6.10 Å². The number of aromatic nitrogens is 2. The first-order chi connectivity index (χ1) is 12.2. The maximum absolute atomic E-state index is 10.1. The number of aryl methyl sites for hydroxylation is 1. The van der Waals surface area contributed by atoms with E-state index in [-0.39, 0.29) is 6.61 Å². The summed E-state index contributed by atoms with van der Waals surface area (Å²) in [6, 6.07) is 12.1. The van der Waals surface area contributed by atoms with Gasteiger partial charge in [0.25, 0.3) is 0 Å². The molecule has 1 aromatic heterocycles. The fraction of sp³-hybridized carbons (Fsp3) is 0.474. The monoisotopic (exact) mass is 342 g/mol. The third kappa shape index (κ3) is 4.90. The zero-order valence-corrected chi connectivity index (χ0v) is 14.6. The number of ether oxygens (including phenoxy) is 1. The molecule has 0 spiro atoms. The molecule has 0 aliphatic carbocycles. The van der Waals surface area contributed by atoms with Crippen LogP contribution in [0, 0.1) is 6.92 Å². The van der Waals surface area contributed by atoms with Crippen molar-refractivity contribution in [2.24, 2.45) is 0 Å². The number of aliphatic hydroxyl groups is 1. The third-order valence-corrected chi connectivity index (χ3v) is 4.51. The lowest BCUT2D eigenvalue weighted by atomic mass is 10.2. The molecule has 0 bridgehead atoms. The van der Waals surface area contributed by atoms with Gasteiger partial charge in [0.05, 0.1) is 0 Å². The van der Waals surface area contributed by atoms with E-state index in [1.54, 1.807) is 6.20 Å². The number of anilines is 1. The molecular weight excluding hydrogens is 316 g/mol. The van der Waals surface area contributed by atoms with Crippen molar-refractivity contribution >= 4 is 5.82 Å². The van der Waals surface area contributed by atoms with Gasteiger partial charge in [0.2, 0.25) is 0 Å². The summed E-state index contributed by atoms with van der Waals surface area (Å²) in [6.07, 6.45) is 3.43. The van der Waals surface area contributed by atoms with Gasteiger partial charge in [0.15, 0.2) is 5.82 Å². The topological polar surface area (TPSA) is 70.5 Å². The second kappa shape index (κ2) is 8.78. The molecule has 25 heavy (non-hydrogen) atoms. The first kappa shape index (κ1) is 17.6. The van der Waals surface area contributed by atoms with Gasteiger partial charge in [-0.2, -0.15) is 5.10 Å². The Balaban J connectivity index is 1.41. The van der Waals surface area contributed by atoms with E-state index in [4.69, 9.17) is 4.74 Å². The molecule has 6 heteroatoms. The predicted octanol–water partition coefficient (Wildman–Crippen LogP) is 1.78. The summed E-state index contributed by atoms with van der Waals surface area (Å²) in [5, 5.41) is 21.7. The van der Waals surface area contributed by atoms with Crippen LogP contribution in [0.5, 0.6) is 5.75 Å². The Morgan fingerprint density at radius 3 is 3.00 bits per heavy atom. The minimum atomic E-state index is -0.536. The van der Waals surface area contributed by atoms with Crippen LogP contribution in [0.15, 0.2) is 42.6 Å². The van der Waals surface area contributed by atoms with Gasteiger partial charge in [0, 0.05) is 31.9 Å². The lowest BCUT2D eigenvalue weighted by Crippen LogP contribution is -2.41. The Labute approximate surface area is 148 Å². The number of nitrogens with zero attached hydrogens (tertiary/aromatic N) is 3. The molecule has 2 heterocycles. The van der Waals surface area contributed by atoms with Crippen LogP contribution in [0.4, 0.5) is 5.82 Å². The van der Waals surface area contributed by atoms with Gasteiger partial charge in [-0.05, 0) is 43.5 Å². The Morgan fingerprint density at radius 2 is 2.20 bits per heavy atom. The summed E-state index contributed by atoms with van der Waals surface area (Å²) < 4.78 is 5.69. The summed E-state index contributed by atoms with van der Waals surface area (Å²) in [6.45, 7) is 4.62. The van der Waals surface area contributed by atoms with Crippen molar-refractivity contribution < 1.29 is 9.84 Å². The van der Waals surface area contributed by atoms with Crippen molar-refractivity contribution in [3.8, 4) is 5.75 Å². The normalized spacial score (nSPS) is 18.3. The van der Waals surface area contributed by atoms with Crippen molar-refractivity contribution in [3.05, 3.63) is 48.2 Å². The van der Waals surface area contributed by atoms with Gasteiger partial charge in [-0.3, -0.25) is 0 Å². The number of nitrogens with one attached hydrogen (secondary N) is 1. The van der Waals surface area contributed by atoms with Crippen LogP contribution in [-0.4, -0.2) is 53.7 Å². The summed E-state index contributed by atoms with van der Waals surface area (Å²) in [5.41, 5.74) is 1.08. The summed E-state index contributed by atoms with van der Waals surface area (Å²) >= 11 is 0. The van der Waals surface area contributed by atoms with Crippen LogP contribution in [0.1, 0.15) is 18.4 Å². The van der Waals surface area contributed by atoms with Gasteiger partial charge in [-0.25, -0.2) is 0 Å². The van der Waals surface area contributed by atoms with Gasteiger partial charge in [-0.1, -0.05) is 18.2 Å². The molecule has 0 unspecified atom stereocenters. The highest BCUT2D eigenvalue weighted by molar-refractivity contribution is 5.39. The highest BCUT2D eigenvalue weighted by Crippen LogP contribution is 2.22. The van der Waals surface area contributed by atoms with Crippen LogP contribution in [0.25, 0.3) is 0 Å². The maximum atomic E-state index is 10.1. The number of rotatable bonds is 8. The largest absolute Gasteiger partial charge is 0.491 e. The van der Waals surface area contributed by atoms with Crippen molar-refractivity contribution in [1.82, 2.24) is 15.5 Å². The van der Waals surface area contributed by atoms with E-state index in [9.17, 15) is 5.11 Å². The predicted molar refractivity (Wildman–Crippen MR) is 98.0 cm³/mol. The first-order valence-electron chi connectivity index (χ1n) is 8.85. The molecule has 1 fully saturated rings. The van der Waals surface area contributed by atoms with E-state index >= 15 is 0 Å². The molecule has 1 saturated heterocycles. The number of aliphatic hydroxyl groups excluding tert-OH is 1. The molecule has 1 aromatic carbocycles. The second-order valence-corrected chi connectivity index (χ2v) is 6.46. The van der Waals surface area contributed by atoms with Crippen LogP contribution < -0.4 is 15.0 Å². The molecule has 1 aliphatic rings. The van der Waals surface area contributed by atoms with Crippen LogP contribution in [0.2, 0.25) is 0 Å². The molecule has 134 valence electrons. The first-order valence-corrected chi connectivity index (χ1v) is 8.85. The number of hydrogen-bond acceptors (Lipinski definition) is 6. The SMILES string of the molecule is Cc1ccccc1OC[C@@H](O)CNC[C@@H]1CCCN1c1cccnn1. The van der Waals surface area contributed by atoms with Gasteiger partial charge < -0.3 is 20.1 Å². The fourth-order valence-electron chi connectivity index (χ4n) is 3.18. The fourth-order valence-corrected chi connectivity index (χ4v) is 3.18. The zero-order valence-electron chi connectivity index (χ0n) is 14.6. The molecule has 3 rings (SSSR count). The Hall–Kier alpha value is -2.18. The van der Waals surface area contributed by atoms with Gasteiger partial charge in [0.1, 0.15) is 18.5 Å². The molecule has 6 nitrogen and oxygen atoms in total. The van der Waals surface area contributed by atoms with Gasteiger partial charge >= 0.3 is 0 Å². The molecular formula is C19H26N4O2. The minimum Gasteiger partial charge on any atom is -0.491 e. The number of benzene rings is 1. The quantitative estimate of drug-likeness (QED) is 0.762. The molecule has 2 aromatic rings. The van der Waals surface area contributed by atoms with Crippen LogP contribution >= 0.6 is 0 Å². The molecule has 1 aliphatic heterocycles. The van der Waals surface area contributed by atoms with Crippen molar-refractivity contribution in [1.29, 1.82) is 0 Å². The zero-order chi connectivity index (χ0) is 17.5. The summed E-state index contributed by atoms with van der Waals surface area (Å²) in [5.74, 6) is 1.75. The minimum absolute atomic E-state index is 0.288. The smallest absolute Gasteiger partial charge is 0.151 e. The van der Waals surface area contributed by atoms with Crippen LogP contribution in [0.3, 0.4) is 0 Å². The average Bonchev–Trinajstić information content (AvgIpc) is 3.10. The van der Waals surface area contributed by atoms with E-state index in [0.717, 1.165) is 43.1 Å². The molecule has 2 atom stereocenters. The second-order valence-electron chi connectivity index (χ2n) is 6.46. The number of hydrogen-bond donors (Lipinski definition) is 2. The highest BCUT2D eigenvalue weighted by Gasteiger charge is 2.25. The average molecular weight is 342 g/mol. The molecule has 0 amide bonds. The van der Waals surface area contributed by atoms with Gasteiger partial charge in [-0.15, -0.1) is 5.10 Å². The van der Waals surface area contributed by atoms with Crippen molar-refractivity contribution in [3.63, 3.8) is 0 Å². The Bertz CT molecular complexity index is 653. The van der Waals surface area contributed by atoms with Crippen molar-refractivity contribution in [2.75, 3.05) is 31.1 Å². The lowest BCUT2D eigenvalue weighted by molar-refractivity contribution is 0.106. The highest BCUT2D eigenvalue weighted by atomic mass is 16.5. The lowest BCUT2D eigenvalue weighted by Gasteiger charge is -2.26. The van der Waals surface area contributed by atoms with Crippen LogP contribution in [-0.2, 0) is 0 Å². The van der Waals surface area contributed by atoms with E-state index in [1.165, 1.54) is 0 Å².